The van der Waals surface area contributed by atoms with E-state index in [0.29, 0.717) is 28.6 Å². The fourth-order valence-electron chi connectivity index (χ4n) is 4.36. The number of H-pyrrole nitrogens is 2. The molecule has 0 aliphatic carbocycles. The summed E-state index contributed by atoms with van der Waals surface area (Å²) >= 11 is 0. The van der Waals surface area contributed by atoms with Crippen LogP contribution in [0, 0.1) is 5.92 Å². The first-order valence-electron chi connectivity index (χ1n) is 12.1. The Bertz CT molecular complexity index is 1730. The summed E-state index contributed by atoms with van der Waals surface area (Å²) in [5, 5.41) is 11.0. The van der Waals surface area contributed by atoms with Gasteiger partial charge in [0.15, 0.2) is 11.5 Å². The predicted octanol–water partition coefficient (Wildman–Crippen LogP) is 5.99. The molecule has 9 heteroatoms. The average Bonchev–Trinajstić information content (AvgIpc) is 3.52. The minimum absolute atomic E-state index is 0.522. The van der Waals surface area contributed by atoms with E-state index in [9.17, 15) is 0 Å². The van der Waals surface area contributed by atoms with Gasteiger partial charge in [-0.1, -0.05) is 26.5 Å². The maximum atomic E-state index is 4.93. The fourth-order valence-corrected chi connectivity index (χ4v) is 4.36. The number of allylic oxidation sites excluding steroid dienone is 1. The van der Waals surface area contributed by atoms with E-state index in [1.165, 1.54) is 0 Å². The van der Waals surface area contributed by atoms with E-state index in [-0.39, 0.29) is 0 Å². The number of hydrogen-bond donors (Lipinski definition) is 3. The van der Waals surface area contributed by atoms with E-state index in [1.807, 2.05) is 42.5 Å². The van der Waals surface area contributed by atoms with Crippen LogP contribution in [0.5, 0.6) is 0 Å². The molecule has 37 heavy (non-hydrogen) atoms. The Morgan fingerprint density at radius 2 is 1.81 bits per heavy atom. The number of hydrogen-bond acceptors (Lipinski definition) is 7. The summed E-state index contributed by atoms with van der Waals surface area (Å²) in [6.07, 6.45) is 7.98. The Hall–Kier alpha value is -4.92. The van der Waals surface area contributed by atoms with Crippen LogP contribution in [-0.4, -0.2) is 40.1 Å². The van der Waals surface area contributed by atoms with Gasteiger partial charge in [0.25, 0.3) is 0 Å². The molecule has 0 aromatic carbocycles. The molecule has 0 aliphatic heterocycles. The lowest BCUT2D eigenvalue weighted by molar-refractivity contribution is 0.645. The Morgan fingerprint density at radius 1 is 0.919 bits per heavy atom. The zero-order chi connectivity index (χ0) is 25.4. The van der Waals surface area contributed by atoms with Crippen molar-refractivity contribution in [2.24, 2.45) is 5.92 Å². The van der Waals surface area contributed by atoms with Gasteiger partial charge in [-0.05, 0) is 48.7 Å². The number of nitrogens with zero attached hydrogens (tertiary/aromatic N) is 6. The van der Waals surface area contributed by atoms with Crippen molar-refractivity contribution in [3.05, 3.63) is 79.5 Å². The van der Waals surface area contributed by atoms with Crippen molar-refractivity contribution in [3.8, 4) is 34.2 Å². The van der Waals surface area contributed by atoms with Gasteiger partial charge in [0, 0.05) is 29.9 Å². The van der Waals surface area contributed by atoms with Crippen LogP contribution in [0.3, 0.4) is 0 Å². The average molecular weight is 488 g/mol. The highest BCUT2D eigenvalue weighted by molar-refractivity contribution is 5.94. The monoisotopic (exact) mass is 487 g/mol. The van der Waals surface area contributed by atoms with Crippen LogP contribution in [0.4, 0.5) is 5.69 Å². The molecule has 0 spiro atoms. The van der Waals surface area contributed by atoms with Gasteiger partial charge in [-0.15, -0.1) is 0 Å². The number of anilines is 1. The molecule has 6 aromatic heterocycles. The standard InChI is InChI=1S/C28H25N9/c1-16(2)12-17(3)32-19-13-18(14-29-15-19)20-7-8-23-26(33-20)27(37-36-23)28-34-22-9-11-31-24(25(22)35-28)21-6-4-5-10-30-21/h4-11,13-16,32H,3,12H2,1-2H3,(H,34,35)(H,36,37). The molecule has 3 N–H and O–H groups in total. The lowest BCUT2D eigenvalue weighted by atomic mass is 10.1. The molecule has 0 unspecified atom stereocenters. The molecule has 0 fully saturated rings. The first-order valence-corrected chi connectivity index (χ1v) is 12.1. The van der Waals surface area contributed by atoms with Gasteiger partial charge in [0.1, 0.15) is 16.7 Å². The molecule has 0 amide bonds. The highest BCUT2D eigenvalue weighted by Gasteiger charge is 2.18. The van der Waals surface area contributed by atoms with Crippen LogP contribution in [0.15, 0.2) is 79.5 Å². The van der Waals surface area contributed by atoms with Crippen LogP contribution in [0.25, 0.3) is 56.2 Å². The van der Waals surface area contributed by atoms with Crippen molar-refractivity contribution < 1.29 is 0 Å². The van der Waals surface area contributed by atoms with Crippen molar-refractivity contribution in [1.82, 2.24) is 40.1 Å². The third-order valence-electron chi connectivity index (χ3n) is 5.95. The molecule has 9 nitrogen and oxygen atoms in total. The summed E-state index contributed by atoms with van der Waals surface area (Å²) in [7, 11) is 0. The normalized spacial score (nSPS) is 11.4. The summed E-state index contributed by atoms with van der Waals surface area (Å²) in [6, 6.07) is 13.6. The minimum atomic E-state index is 0.522. The molecule has 0 saturated carbocycles. The summed E-state index contributed by atoms with van der Waals surface area (Å²) in [5.74, 6) is 1.13. The summed E-state index contributed by atoms with van der Waals surface area (Å²) in [5.41, 5.74) is 8.72. The maximum absolute atomic E-state index is 4.93. The molecular weight excluding hydrogens is 462 g/mol. The molecular formula is C28H25N9. The van der Waals surface area contributed by atoms with Gasteiger partial charge in [-0.3, -0.25) is 20.1 Å². The maximum Gasteiger partial charge on any atom is 0.161 e. The van der Waals surface area contributed by atoms with E-state index < -0.39 is 0 Å². The highest BCUT2D eigenvalue weighted by atomic mass is 15.2. The molecule has 6 rings (SSSR count). The highest BCUT2D eigenvalue weighted by Crippen LogP contribution is 2.30. The number of fused-ring (bicyclic) bond motifs is 2. The van der Waals surface area contributed by atoms with Crippen LogP contribution in [0.1, 0.15) is 20.3 Å². The van der Waals surface area contributed by atoms with Crippen LogP contribution in [-0.2, 0) is 0 Å². The van der Waals surface area contributed by atoms with Gasteiger partial charge >= 0.3 is 0 Å². The number of imidazole rings is 1. The Morgan fingerprint density at radius 3 is 2.65 bits per heavy atom. The number of rotatable bonds is 7. The predicted molar refractivity (Wildman–Crippen MR) is 145 cm³/mol. The van der Waals surface area contributed by atoms with Crippen molar-refractivity contribution in [3.63, 3.8) is 0 Å². The summed E-state index contributed by atoms with van der Waals surface area (Å²) in [6.45, 7) is 8.46. The zero-order valence-corrected chi connectivity index (χ0v) is 20.5. The quantitative estimate of drug-likeness (QED) is 0.253. The first-order chi connectivity index (χ1) is 18.0. The minimum Gasteiger partial charge on any atom is -0.358 e. The van der Waals surface area contributed by atoms with Crippen LogP contribution < -0.4 is 5.32 Å². The summed E-state index contributed by atoms with van der Waals surface area (Å²) < 4.78 is 0. The lowest BCUT2D eigenvalue weighted by Gasteiger charge is -2.12. The smallest absolute Gasteiger partial charge is 0.161 e. The Balaban J connectivity index is 1.38. The van der Waals surface area contributed by atoms with E-state index in [2.05, 4.69) is 55.9 Å². The number of nitrogens with one attached hydrogen (secondary N) is 3. The second-order valence-electron chi connectivity index (χ2n) is 9.31. The van der Waals surface area contributed by atoms with E-state index in [0.717, 1.165) is 51.3 Å². The largest absolute Gasteiger partial charge is 0.358 e. The van der Waals surface area contributed by atoms with Crippen LogP contribution in [0.2, 0.25) is 0 Å². The molecule has 6 aromatic rings. The second-order valence-corrected chi connectivity index (χ2v) is 9.31. The molecule has 6 heterocycles. The van der Waals surface area contributed by atoms with E-state index in [4.69, 9.17) is 9.97 Å². The van der Waals surface area contributed by atoms with Crippen molar-refractivity contribution in [2.75, 3.05) is 5.32 Å². The number of pyridine rings is 4. The number of aromatic amines is 2. The molecule has 0 saturated heterocycles. The third-order valence-corrected chi connectivity index (χ3v) is 5.95. The number of aromatic nitrogens is 8. The van der Waals surface area contributed by atoms with Crippen molar-refractivity contribution in [2.45, 2.75) is 20.3 Å². The van der Waals surface area contributed by atoms with Crippen molar-refractivity contribution >= 4 is 27.8 Å². The van der Waals surface area contributed by atoms with E-state index >= 15 is 0 Å². The molecule has 0 aliphatic rings. The molecule has 0 radical (unpaired) electrons. The first kappa shape index (κ1) is 22.5. The van der Waals surface area contributed by atoms with Crippen molar-refractivity contribution in [1.29, 1.82) is 0 Å². The van der Waals surface area contributed by atoms with E-state index in [1.54, 1.807) is 24.8 Å². The van der Waals surface area contributed by atoms with Gasteiger partial charge < -0.3 is 10.3 Å². The van der Waals surface area contributed by atoms with Gasteiger partial charge in [0.2, 0.25) is 0 Å². The topological polar surface area (TPSA) is 121 Å². The second kappa shape index (κ2) is 9.27. The SMILES string of the molecule is C=C(CC(C)C)Nc1cncc(-c2ccc3[nH]nc(-c4nc5c(-c6ccccn6)nccc5[nH]4)c3n2)c1. The Kier molecular flexibility index (Phi) is 5.65. The summed E-state index contributed by atoms with van der Waals surface area (Å²) in [4.78, 5) is 26.5. The molecule has 0 atom stereocenters. The molecule has 182 valence electrons. The van der Waals surface area contributed by atoms with Gasteiger partial charge in [-0.25, -0.2) is 9.97 Å². The zero-order valence-electron chi connectivity index (χ0n) is 20.5. The fraction of sp³-hybridized carbons (Fsp3) is 0.143. The lowest BCUT2D eigenvalue weighted by Crippen LogP contribution is -2.02. The van der Waals surface area contributed by atoms with Crippen LogP contribution >= 0.6 is 0 Å². The van der Waals surface area contributed by atoms with Gasteiger partial charge in [0.05, 0.1) is 34.3 Å². The van der Waals surface area contributed by atoms with Gasteiger partial charge in [-0.2, -0.15) is 5.10 Å². The third kappa shape index (κ3) is 4.42. The molecule has 0 bridgehead atoms. The Labute approximate surface area is 213 Å².